The topological polar surface area (TPSA) is 104 Å². The molecule has 0 unspecified atom stereocenters. The molecular formula is C21H20F5N3O4. The Morgan fingerprint density at radius 2 is 2.00 bits per heavy atom. The van der Waals surface area contributed by atoms with Crippen LogP contribution in [-0.4, -0.2) is 41.7 Å². The molecule has 1 aliphatic heterocycles. The van der Waals surface area contributed by atoms with E-state index >= 15 is 0 Å². The van der Waals surface area contributed by atoms with Gasteiger partial charge in [0, 0.05) is 29.3 Å². The van der Waals surface area contributed by atoms with E-state index in [2.05, 4.69) is 15.0 Å². The van der Waals surface area contributed by atoms with Gasteiger partial charge >= 0.3 is 6.18 Å². The smallest absolute Gasteiger partial charge is 0.417 e. The summed E-state index contributed by atoms with van der Waals surface area (Å²) in [5.74, 6) is -9.76. The van der Waals surface area contributed by atoms with Gasteiger partial charge in [0.2, 0.25) is 5.82 Å². The van der Waals surface area contributed by atoms with Gasteiger partial charge < -0.3 is 20.5 Å². The van der Waals surface area contributed by atoms with Gasteiger partial charge in [-0.15, -0.1) is 0 Å². The van der Waals surface area contributed by atoms with Gasteiger partial charge in [-0.05, 0) is 25.1 Å². The fourth-order valence-corrected chi connectivity index (χ4v) is 3.79. The summed E-state index contributed by atoms with van der Waals surface area (Å²) in [6, 6.07) is 3.70. The first kappa shape index (κ1) is 20.3. The lowest BCUT2D eigenvalue weighted by molar-refractivity contribution is -0.272. The number of carbonyl (C=O) groups excluding carboxylic acids is 2. The number of primary amides is 1. The van der Waals surface area contributed by atoms with Gasteiger partial charge in [0.05, 0.1) is 11.2 Å². The maximum atomic E-state index is 14.6. The predicted molar refractivity (Wildman–Crippen MR) is 106 cm³/mol. The normalized spacial score (nSPS) is 26.8. The summed E-state index contributed by atoms with van der Waals surface area (Å²) in [5.41, 5.74) is 1.36. The number of nitrogens with one attached hydrogen (secondary N) is 1. The summed E-state index contributed by atoms with van der Waals surface area (Å²) < 4.78 is 102. The number of pyridine rings is 1. The van der Waals surface area contributed by atoms with Crippen LogP contribution in [0.15, 0.2) is 30.5 Å². The maximum absolute atomic E-state index is 14.6. The van der Waals surface area contributed by atoms with Crippen LogP contribution in [0.2, 0.25) is 0 Å². The average Bonchev–Trinajstić information content (AvgIpc) is 3.03. The van der Waals surface area contributed by atoms with Crippen molar-refractivity contribution in [1.29, 1.82) is 0 Å². The van der Waals surface area contributed by atoms with Crippen molar-refractivity contribution in [3.8, 4) is 5.75 Å². The van der Waals surface area contributed by atoms with Crippen LogP contribution >= 0.6 is 0 Å². The third-order valence-corrected chi connectivity index (χ3v) is 5.75. The first-order valence-electron chi connectivity index (χ1n) is 10.9. The highest BCUT2D eigenvalue weighted by Gasteiger charge is 2.65. The minimum Gasteiger partial charge on any atom is -0.493 e. The zero-order valence-corrected chi connectivity index (χ0v) is 17.2. The van der Waals surface area contributed by atoms with Crippen LogP contribution in [0.5, 0.6) is 5.75 Å². The van der Waals surface area contributed by atoms with Crippen LogP contribution in [0, 0.1) is 17.6 Å². The maximum Gasteiger partial charge on any atom is 0.417 e. The first-order valence-corrected chi connectivity index (χ1v) is 9.44. The second-order valence-corrected chi connectivity index (χ2v) is 7.62. The molecule has 1 aliphatic rings. The molecule has 33 heavy (non-hydrogen) atoms. The molecule has 0 saturated carbocycles. The van der Waals surface area contributed by atoms with E-state index in [1.54, 1.807) is 0 Å². The number of anilines is 1. The zero-order valence-electron chi connectivity index (χ0n) is 20.2. The molecule has 1 fully saturated rings. The van der Waals surface area contributed by atoms with Crippen molar-refractivity contribution in [2.45, 2.75) is 37.6 Å². The standard InChI is InChI=1S/C21H20F5N3O4/c1-9-14(11-4-5-12(22)15(23)16(11)32-3)17(33-20(9,2)21(24,25)26)19(31)29-10-6-7-28-13(8-10)18(27)30/h4-9,14,17H,1-3H3,(H2,27,30)(H,28,29,31)/t9-,14-,17-,20+/m0/s1/i3D3. The molecule has 2 heterocycles. The predicted octanol–water partition coefficient (Wildman–Crippen LogP) is 3.55. The number of hydrogen-bond donors (Lipinski definition) is 2. The van der Waals surface area contributed by atoms with Crippen LogP contribution in [0.25, 0.3) is 0 Å². The second-order valence-electron chi connectivity index (χ2n) is 7.62. The molecule has 0 aliphatic carbocycles. The van der Waals surface area contributed by atoms with Crippen molar-refractivity contribution in [2.75, 3.05) is 12.4 Å². The third kappa shape index (κ3) is 4.22. The fraction of sp³-hybridized carbons (Fsp3) is 0.381. The van der Waals surface area contributed by atoms with Gasteiger partial charge in [-0.25, -0.2) is 4.39 Å². The van der Waals surface area contributed by atoms with Crippen LogP contribution in [0.1, 0.15) is 39.9 Å². The van der Waals surface area contributed by atoms with E-state index in [1.165, 1.54) is 6.07 Å². The highest BCUT2D eigenvalue weighted by atomic mass is 19.4. The number of alkyl halides is 3. The molecule has 2 aromatic rings. The van der Waals surface area contributed by atoms with Crippen LogP contribution in [-0.2, 0) is 9.53 Å². The Morgan fingerprint density at radius 1 is 1.30 bits per heavy atom. The monoisotopic (exact) mass is 476 g/mol. The Kier molecular flexibility index (Phi) is 5.29. The second kappa shape index (κ2) is 8.58. The van der Waals surface area contributed by atoms with E-state index in [4.69, 9.17) is 14.6 Å². The SMILES string of the molecule is [2H]C([2H])([2H])Oc1c([C@H]2[C@@H](C(=O)Nc3ccnc(C(N)=O)c3)O[C@@](C)(C(F)(F)F)[C@H]2C)ccc(F)c1F. The number of amides is 2. The summed E-state index contributed by atoms with van der Waals surface area (Å²) >= 11 is 0. The number of nitrogens with zero attached hydrogens (tertiary/aromatic N) is 1. The van der Waals surface area contributed by atoms with Crippen molar-refractivity contribution in [2.24, 2.45) is 11.7 Å². The molecule has 7 nitrogen and oxygen atoms in total. The van der Waals surface area contributed by atoms with Gasteiger partial charge in [0.15, 0.2) is 17.2 Å². The van der Waals surface area contributed by atoms with Gasteiger partial charge in [-0.1, -0.05) is 13.0 Å². The lowest BCUT2D eigenvalue weighted by Gasteiger charge is -2.32. The number of nitrogens with two attached hydrogens (primary N) is 1. The molecule has 0 bridgehead atoms. The summed E-state index contributed by atoms with van der Waals surface area (Å²) in [6.45, 7) is 1.75. The Hall–Kier alpha value is -3.28. The molecular weight excluding hydrogens is 453 g/mol. The highest BCUT2D eigenvalue weighted by molar-refractivity contribution is 5.97. The number of halogens is 5. The Labute approximate surface area is 189 Å². The minimum atomic E-state index is -5.01. The van der Waals surface area contributed by atoms with Gasteiger partial charge in [0.25, 0.3) is 11.8 Å². The Bertz CT molecular complexity index is 1190. The molecule has 1 aromatic carbocycles. The van der Waals surface area contributed by atoms with E-state index in [1.807, 2.05) is 0 Å². The van der Waals surface area contributed by atoms with Crippen molar-refractivity contribution in [1.82, 2.24) is 4.98 Å². The molecule has 3 N–H and O–H groups in total. The number of rotatable bonds is 5. The van der Waals surface area contributed by atoms with E-state index in [-0.39, 0.29) is 11.4 Å². The van der Waals surface area contributed by atoms with Gasteiger partial charge in [-0.3, -0.25) is 14.6 Å². The van der Waals surface area contributed by atoms with Gasteiger partial charge in [0.1, 0.15) is 11.8 Å². The summed E-state index contributed by atoms with van der Waals surface area (Å²) in [6.07, 6.45) is -5.87. The first-order chi connectivity index (χ1) is 16.5. The van der Waals surface area contributed by atoms with Crippen LogP contribution in [0.3, 0.4) is 0 Å². The largest absolute Gasteiger partial charge is 0.493 e. The summed E-state index contributed by atoms with van der Waals surface area (Å²) in [5, 5.41) is 2.28. The number of methoxy groups -OCH3 is 1. The van der Waals surface area contributed by atoms with Crippen LogP contribution in [0.4, 0.5) is 27.6 Å². The number of aromatic nitrogens is 1. The van der Waals surface area contributed by atoms with Gasteiger partial charge in [-0.2, -0.15) is 17.6 Å². The van der Waals surface area contributed by atoms with Crippen LogP contribution < -0.4 is 15.8 Å². The molecule has 4 atom stereocenters. The lowest BCUT2D eigenvalue weighted by atomic mass is 9.77. The highest BCUT2D eigenvalue weighted by Crippen LogP contribution is 2.55. The number of hydrogen-bond acceptors (Lipinski definition) is 5. The zero-order chi connectivity index (χ0) is 27.2. The molecule has 3 rings (SSSR count). The molecule has 1 aromatic heterocycles. The van der Waals surface area contributed by atoms with E-state index < -0.39 is 71.5 Å². The molecule has 0 radical (unpaired) electrons. The summed E-state index contributed by atoms with van der Waals surface area (Å²) in [7, 11) is -3.29. The number of benzene rings is 1. The fourth-order valence-electron chi connectivity index (χ4n) is 3.79. The van der Waals surface area contributed by atoms with E-state index in [0.29, 0.717) is 13.0 Å². The Morgan fingerprint density at radius 3 is 2.61 bits per heavy atom. The van der Waals surface area contributed by atoms with Crippen molar-refractivity contribution >= 4 is 17.5 Å². The van der Waals surface area contributed by atoms with E-state index in [0.717, 1.165) is 25.3 Å². The number of carbonyl (C=O) groups is 2. The molecule has 0 spiro atoms. The van der Waals surface area contributed by atoms with Crippen molar-refractivity contribution in [3.63, 3.8) is 0 Å². The average molecular weight is 476 g/mol. The Balaban J connectivity index is 2.12. The summed E-state index contributed by atoms with van der Waals surface area (Å²) in [4.78, 5) is 28.2. The minimum absolute atomic E-state index is 0.0660. The van der Waals surface area contributed by atoms with Crippen molar-refractivity contribution in [3.05, 3.63) is 53.4 Å². The van der Waals surface area contributed by atoms with E-state index in [9.17, 15) is 31.5 Å². The van der Waals surface area contributed by atoms with Crippen molar-refractivity contribution < 1.29 is 45.1 Å². The quantitative estimate of drug-likeness (QED) is 0.643. The molecule has 1 saturated heterocycles. The molecule has 12 heteroatoms. The molecule has 2 amide bonds. The number of ether oxygens (including phenoxy) is 2. The third-order valence-electron chi connectivity index (χ3n) is 5.75. The lowest BCUT2D eigenvalue weighted by Crippen LogP contribution is -2.47. The molecule has 178 valence electrons.